The smallest absolute Gasteiger partial charge is 0.331 e. The van der Waals surface area contributed by atoms with E-state index in [0.29, 0.717) is 12.3 Å². The fourth-order valence-electron chi connectivity index (χ4n) is 5.17. The number of hydrogen-bond acceptors (Lipinski definition) is 1. The second kappa shape index (κ2) is 15.1. The van der Waals surface area contributed by atoms with E-state index in [4.69, 9.17) is 0 Å². The minimum absolute atomic E-state index is 0.0753. The molecule has 0 N–H and O–H groups in total. The lowest BCUT2D eigenvalue weighted by atomic mass is 9.82. The third-order valence-corrected chi connectivity index (χ3v) is 7.70. The first-order chi connectivity index (χ1) is 15.4. The summed E-state index contributed by atoms with van der Waals surface area (Å²) in [6, 6.07) is 0. The zero-order valence-corrected chi connectivity index (χ0v) is 22.1. The summed E-state index contributed by atoms with van der Waals surface area (Å²) >= 11 is 0. The van der Waals surface area contributed by atoms with E-state index in [9.17, 15) is 18.0 Å². The van der Waals surface area contributed by atoms with Crippen LogP contribution in [0.4, 0.5) is 13.2 Å². The van der Waals surface area contributed by atoms with Gasteiger partial charge in [0.2, 0.25) is 0 Å². The lowest BCUT2D eigenvalue weighted by molar-refractivity contribution is -0.185. The Labute approximate surface area is 201 Å². The van der Waals surface area contributed by atoms with Crippen molar-refractivity contribution in [1.29, 1.82) is 0 Å². The first kappa shape index (κ1) is 30.0. The number of rotatable bonds is 3. The van der Waals surface area contributed by atoms with Gasteiger partial charge in [-0.1, -0.05) is 117 Å². The average Bonchev–Trinajstić information content (AvgIpc) is 2.80. The lowest BCUT2D eigenvalue weighted by Crippen LogP contribution is -2.43. The molecule has 1 heterocycles. The summed E-state index contributed by atoms with van der Waals surface area (Å²) in [6.07, 6.45) is 12.4. The van der Waals surface area contributed by atoms with Crippen LogP contribution < -0.4 is 0 Å². The second-order valence-corrected chi connectivity index (χ2v) is 11.2. The van der Waals surface area contributed by atoms with Crippen molar-refractivity contribution in [2.75, 3.05) is 13.1 Å². The molecule has 0 unspecified atom stereocenters. The molecule has 1 aliphatic heterocycles. The Morgan fingerprint density at radius 3 is 1.48 bits per heavy atom. The van der Waals surface area contributed by atoms with Crippen molar-refractivity contribution in [3.05, 3.63) is 11.6 Å². The molecule has 194 valence electrons. The maximum atomic E-state index is 12.1. The number of carbonyl (C=O) groups is 1. The molecule has 5 heteroatoms. The molecule has 0 aromatic heterocycles. The van der Waals surface area contributed by atoms with Gasteiger partial charge >= 0.3 is 12.1 Å². The Kier molecular flexibility index (Phi) is 13.7. The molecule has 3 rings (SSSR count). The largest absolute Gasteiger partial charge is 0.471 e. The van der Waals surface area contributed by atoms with E-state index in [1.165, 1.54) is 64.2 Å². The summed E-state index contributed by atoms with van der Waals surface area (Å²) in [5.74, 6) is 2.59. The van der Waals surface area contributed by atoms with E-state index in [2.05, 4.69) is 27.7 Å². The minimum Gasteiger partial charge on any atom is -0.331 e. The standard InChI is InChI=1S/C10H14F3NO.2C9H18/c1-7(2)8-3-5-14(6-4-8)9(15)10(11,12)13;2*1-8(2)9-6-4-3-5-7-9/h3,7H,4-6H2,1-2H3;2*8-9H,3-7H2,1-2H3. The lowest BCUT2D eigenvalue weighted by Gasteiger charge is -2.28. The fourth-order valence-corrected chi connectivity index (χ4v) is 5.17. The van der Waals surface area contributed by atoms with E-state index in [0.717, 1.165) is 34.1 Å². The van der Waals surface area contributed by atoms with Crippen LogP contribution in [0.1, 0.15) is 112 Å². The van der Waals surface area contributed by atoms with Crippen LogP contribution in [0.3, 0.4) is 0 Å². The highest BCUT2D eigenvalue weighted by Gasteiger charge is 2.42. The van der Waals surface area contributed by atoms with Crippen molar-refractivity contribution in [3.63, 3.8) is 0 Å². The van der Waals surface area contributed by atoms with Crippen LogP contribution in [0.15, 0.2) is 11.6 Å². The quantitative estimate of drug-likeness (QED) is 0.375. The molecule has 2 aliphatic carbocycles. The SMILES string of the molecule is CC(C)C1=CCN(C(=O)C(F)(F)F)CC1.CC(C)C1CCCCC1.CC(C)C1CCCCC1. The van der Waals surface area contributed by atoms with Crippen LogP contribution >= 0.6 is 0 Å². The van der Waals surface area contributed by atoms with Crippen LogP contribution in [-0.2, 0) is 4.79 Å². The molecule has 1 amide bonds. The maximum absolute atomic E-state index is 12.1. The van der Waals surface area contributed by atoms with E-state index in [1.807, 2.05) is 13.8 Å². The summed E-state index contributed by atoms with van der Waals surface area (Å²) in [6.45, 7) is 13.7. The molecule has 2 nitrogen and oxygen atoms in total. The average molecular weight is 474 g/mol. The molecule has 3 aliphatic rings. The highest BCUT2D eigenvalue weighted by atomic mass is 19.4. The van der Waals surface area contributed by atoms with Crippen molar-refractivity contribution in [3.8, 4) is 0 Å². The van der Waals surface area contributed by atoms with Gasteiger partial charge in [0, 0.05) is 13.1 Å². The molecule has 0 aromatic rings. The monoisotopic (exact) mass is 473 g/mol. The molecule has 33 heavy (non-hydrogen) atoms. The first-order valence-electron chi connectivity index (χ1n) is 13.5. The van der Waals surface area contributed by atoms with E-state index in [1.54, 1.807) is 6.08 Å². The molecule has 0 radical (unpaired) electrons. The van der Waals surface area contributed by atoms with Gasteiger partial charge in [-0.25, -0.2) is 0 Å². The van der Waals surface area contributed by atoms with E-state index < -0.39 is 12.1 Å². The maximum Gasteiger partial charge on any atom is 0.471 e. The highest BCUT2D eigenvalue weighted by molar-refractivity contribution is 5.82. The van der Waals surface area contributed by atoms with Crippen molar-refractivity contribution in [1.82, 2.24) is 4.90 Å². The third kappa shape index (κ3) is 11.8. The van der Waals surface area contributed by atoms with Crippen molar-refractivity contribution in [2.45, 2.75) is 118 Å². The van der Waals surface area contributed by atoms with Crippen LogP contribution in [-0.4, -0.2) is 30.1 Å². The number of amides is 1. The van der Waals surface area contributed by atoms with Crippen molar-refractivity contribution in [2.24, 2.45) is 29.6 Å². The summed E-state index contributed by atoms with van der Waals surface area (Å²) in [7, 11) is 0. The molecule has 2 saturated carbocycles. The van der Waals surface area contributed by atoms with Gasteiger partial charge in [0.25, 0.3) is 0 Å². The number of carbonyl (C=O) groups excluding carboxylic acids is 1. The summed E-state index contributed by atoms with van der Waals surface area (Å²) < 4.78 is 36.2. The van der Waals surface area contributed by atoms with Gasteiger partial charge < -0.3 is 4.90 Å². The summed E-state index contributed by atoms with van der Waals surface area (Å²) in [5.41, 5.74) is 1.13. The number of hydrogen-bond donors (Lipinski definition) is 0. The van der Waals surface area contributed by atoms with Gasteiger partial charge in [0.05, 0.1) is 0 Å². The Morgan fingerprint density at radius 2 is 1.24 bits per heavy atom. The van der Waals surface area contributed by atoms with E-state index in [-0.39, 0.29) is 13.1 Å². The van der Waals surface area contributed by atoms with Crippen molar-refractivity contribution < 1.29 is 18.0 Å². The molecular formula is C28H50F3NO. The zero-order chi connectivity index (χ0) is 25.0. The molecule has 0 atom stereocenters. The molecule has 2 fully saturated rings. The topological polar surface area (TPSA) is 20.3 Å². The zero-order valence-electron chi connectivity index (χ0n) is 22.1. The van der Waals surface area contributed by atoms with Gasteiger partial charge in [-0.05, 0) is 36.0 Å². The van der Waals surface area contributed by atoms with Gasteiger partial charge in [-0.3, -0.25) is 4.79 Å². The Balaban J connectivity index is 0.000000261. The predicted molar refractivity (Wildman–Crippen MR) is 133 cm³/mol. The van der Waals surface area contributed by atoms with Gasteiger partial charge in [0.1, 0.15) is 0 Å². The Bertz CT molecular complexity index is 546. The van der Waals surface area contributed by atoms with Crippen LogP contribution in [0, 0.1) is 29.6 Å². The normalized spacial score (nSPS) is 20.7. The molecule has 0 spiro atoms. The summed E-state index contributed by atoms with van der Waals surface area (Å²) in [5, 5.41) is 0. The van der Waals surface area contributed by atoms with E-state index >= 15 is 0 Å². The second-order valence-electron chi connectivity index (χ2n) is 11.2. The summed E-state index contributed by atoms with van der Waals surface area (Å²) in [4.78, 5) is 11.7. The van der Waals surface area contributed by atoms with Crippen LogP contribution in [0.25, 0.3) is 0 Å². The van der Waals surface area contributed by atoms with Crippen LogP contribution in [0.5, 0.6) is 0 Å². The fraction of sp³-hybridized carbons (Fsp3) is 0.893. The van der Waals surface area contributed by atoms with Gasteiger partial charge in [0.15, 0.2) is 0 Å². The number of nitrogens with zero attached hydrogens (tertiary/aromatic N) is 1. The predicted octanol–water partition coefficient (Wildman–Crippen LogP) is 8.81. The third-order valence-electron chi connectivity index (χ3n) is 7.70. The molecule has 0 bridgehead atoms. The van der Waals surface area contributed by atoms with Crippen molar-refractivity contribution >= 4 is 5.91 Å². The van der Waals surface area contributed by atoms with Crippen LogP contribution in [0.2, 0.25) is 0 Å². The van der Waals surface area contributed by atoms with Gasteiger partial charge in [-0.15, -0.1) is 0 Å². The highest BCUT2D eigenvalue weighted by Crippen LogP contribution is 2.30. The minimum atomic E-state index is -4.75. The Hall–Kier alpha value is -1.00. The molecular weight excluding hydrogens is 423 g/mol. The first-order valence-corrected chi connectivity index (χ1v) is 13.5. The van der Waals surface area contributed by atoms with Gasteiger partial charge in [-0.2, -0.15) is 13.2 Å². The number of alkyl halides is 3. The molecule has 0 saturated heterocycles. The number of halogens is 3. The molecule has 0 aromatic carbocycles. The Morgan fingerprint density at radius 1 is 0.818 bits per heavy atom.